The Morgan fingerprint density at radius 2 is 1.79 bits per heavy atom. The number of carbonyl (C=O) groups is 3. The van der Waals surface area contributed by atoms with Crippen LogP contribution in [0.2, 0.25) is 0 Å². The minimum Gasteiger partial charge on any atom is -0.464 e. The van der Waals surface area contributed by atoms with Crippen molar-refractivity contribution < 1.29 is 42.8 Å². The van der Waals surface area contributed by atoms with Crippen LogP contribution in [0.5, 0.6) is 0 Å². The van der Waals surface area contributed by atoms with Gasteiger partial charge in [0.1, 0.15) is 28.8 Å². The number of esters is 1. The number of methoxy groups -OCH3 is 1. The SMILES string of the molecule is CCO[C@@H]1c2nc(cs2)-c2ccc3c(c2)c(c(-c2cc(C4CCN(C5CC5)CC4)cnc2[C@H](C)OC)n3CCO[C@H]2CCOC(C)(C)C2)CC(C)(C)COC(=O)C2NN(C(=O)[C@H]1NC(=O)C13CC(C)(C1)[C@H](C)O3)C1CC2C1. The molecule has 3 aliphatic carbocycles. The summed E-state index contributed by atoms with van der Waals surface area (Å²) in [7, 11) is 1.75. The van der Waals surface area contributed by atoms with Gasteiger partial charge in [-0.25, -0.2) is 10.4 Å². The van der Waals surface area contributed by atoms with Gasteiger partial charge in [-0.2, -0.15) is 0 Å². The van der Waals surface area contributed by atoms with Crippen LogP contribution in [-0.4, -0.2) is 136 Å². The summed E-state index contributed by atoms with van der Waals surface area (Å²) in [6.07, 6.45) is 10.3. The Bertz CT molecular complexity index is 2890. The van der Waals surface area contributed by atoms with Crippen LogP contribution in [0.25, 0.3) is 33.4 Å². The molecule has 3 saturated carbocycles. The standard InChI is InChI=1S/C60H81N7O9S/c1-10-72-52-50(63-56(70)60-31-59(8,32-60)35(3)76-60)54(68)67-41-23-38(24-41)49(64-67)55(69)74-33-57(4,5)28-45-43-25-37(46-30-77-53(52)62-46)11-14-47(43)66(20-22-73-42-17-21-75-58(6,7)27-42)51(45)44-26-39(29-61-48(44)34(2)71-9)36-15-18-65(19-16-36)40-12-13-40/h11,14,25-26,29-30,34-36,38,40-42,49-50,52,64H,10,12-13,15-24,27-28,31-33H2,1-9H3,(H,63,70)/t34-,35-,38?,41?,42-,49?,50-,52-,59?,60?/m0/s1. The van der Waals surface area contributed by atoms with E-state index in [1.165, 1.54) is 29.7 Å². The molecule has 0 radical (unpaired) electrons. The first-order valence-corrected chi connectivity index (χ1v) is 29.7. The van der Waals surface area contributed by atoms with E-state index < -0.39 is 35.2 Å². The molecule has 6 atom stereocenters. The molecule has 16 nitrogen and oxygen atoms in total. The summed E-state index contributed by atoms with van der Waals surface area (Å²) in [6, 6.07) is 7.67. The van der Waals surface area contributed by atoms with Gasteiger partial charge in [0.15, 0.2) is 0 Å². The number of hydrogen-bond donors (Lipinski definition) is 2. The summed E-state index contributed by atoms with van der Waals surface area (Å²) in [4.78, 5) is 57.7. The third-order valence-electron chi connectivity index (χ3n) is 18.9. The molecule has 1 unspecified atom stereocenters. The number of likely N-dealkylation sites (tertiary alicyclic amines) is 1. The zero-order chi connectivity index (χ0) is 53.8. The highest BCUT2D eigenvalue weighted by Gasteiger charge is 2.68. The van der Waals surface area contributed by atoms with E-state index >= 15 is 4.79 Å². The zero-order valence-electron chi connectivity index (χ0n) is 46.8. The smallest absolute Gasteiger partial charge is 0.325 e. The number of benzene rings is 1. The largest absolute Gasteiger partial charge is 0.464 e. The number of hydrazine groups is 1. The van der Waals surface area contributed by atoms with Gasteiger partial charge < -0.3 is 43.2 Å². The number of nitrogens with zero attached hydrogens (tertiary/aromatic N) is 5. The van der Waals surface area contributed by atoms with Crippen LogP contribution in [-0.2, 0) is 55.8 Å². The average molecular weight is 1080 g/mol. The maximum atomic E-state index is 15.2. The topological polar surface area (TPSA) is 168 Å². The normalized spacial score (nSPS) is 32.5. The molecule has 2 N–H and O–H groups in total. The number of fused-ring (bicyclic) bond motifs is 5. The predicted octanol–water partition coefficient (Wildman–Crippen LogP) is 8.99. The quantitative estimate of drug-likeness (QED) is 0.122. The first kappa shape index (κ1) is 53.3. The van der Waals surface area contributed by atoms with Crippen molar-refractivity contribution in [3.8, 4) is 22.5 Å². The summed E-state index contributed by atoms with van der Waals surface area (Å²) in [5.74, 6) is -0.723. The lowest BCUT2D eigenvalue weighted by molar-refractivity contribution is -0.174. The molecule has 17 heteroatoms. The molecule has 10 aliphatic rings. The summed E-state index contributed by atoms with van der Waals surface area (Å²) in [5, 5.41) is 8.40. The van der Waals surface area contributed by atoms with Crippen molar-refractivity contribution in [3.63, 3.8) is 0 Å². The van der Waals surface area contributed by atoms with Crippen LogP contribution >= 0.6 is 11.3 Å². The molecule has 7 aliphatic heterocycles. The van der Waals surface area contributed by atoms with Crippen molar-refractivity contribution in [2.24, 2.45) is 16.7 Å². The Morgan fingerprint density at radius 3 is 2.49 bits per heavy atom. The number of amides is 2. The number of thiazole rings is 1. The number of rotatable bonds is 13. The maximum Gasteiger partial charge on any atom is 0.325 e. The Balaban J connectivity index is 0.989. The van der Waals surface area contributed by atoms with Crippen LogP contribution in [0.1, 0.15) is 160 Å². The number of ether oxygens (including phenoxy) is 6. The molecule has 4 aromatic rings. The predicted molar refractivity (Wildman–Crippen MR) is 293 cm³/mol. The van der Waals surface area contributed by atoms with E-state index in [0.29, 0.717) is 62.8 Å². The van der Waals surface area contributed by atoms with E-state index in [-0.39, 0.29) is 66.3 Å². The summed E-state index contributed by atoms with van der Waals surface area (Å²) in [6.45, 7) is 21.1. The summed E-state index contributed by atoms with van der Waals surface area (Å²) < 4.78 is 40.8. The van der Waals surface area contributed by atoms with E-state index in [4.69, 9.17) is 38.4 Å². The second kappa shape index (κ2) is 20.3. The number of hydrogen-bond acceptors (Lipinski definition) is 14. The number of cyclic esters (lactones) is 1. The van der Waals surface area contributed by atoms with Crippen LogP contribution in [0.15, 0.2) is 35.8 Å². The number of carbonyl (C=O) groups excluding carboxylic acids is 3. The third kappa shape index (κ3) is 9.98. The highest BCUT2D eigenvalue weighted by molar-refractivity contribution is 7.10. The van der Waals surface area contributed by atoms with Gasteiger partial charge in [0.05, 0.1) is 54.2 Å². The van der Waals surface area contributed by atoms with Crippen molar-refractivity contribution in [1.29, 1.82) is 0 Å². The molecule has 10 bridgehead atoms. The minimum atomic E-state index is -1.17. The van der Waals surface area contributed by atoms with E-state index in [2.05, 4.69) is 92.2 Å². The highest BCUT2D eigenvalue weighted by Crippen LogP contribution is 2.61. The third-order valence-corrected chi connectivity index (χ3v) is 19.8. The van der Waals surface area contributed by atoms with Gasteiger partial charge in [0, 0.05) is 89.8 Å². The number of piperidine rings is 1. The van der Waals surface area contributed by atoms with E-state index in [1.54, 1.807) is 12.1 Å². The van der Waals surface area contributed by atoms with E-state index in [0.717, 1.165) is 89.5 Å². The van der Waals surface area contributed by atoms with E-state index in [1.807, 2.05) is 19.2 Å². The Labute approximate surface area is 457 Å². The van der Waals surface area contributed by atoms with Crippen LogP contribution < -0.4 is 10.7 Å². The van der Waals surface area contributed by atoms with Gasteiger partial charge in [0.25, 0.3) is 11.8 Å². The fourth-order valence-electron chi connectivity index (χ4n) is 14.2. The fraction of sp³-hybridized carbons (Fsp3) is 0.683. The second-order valence-corrected chi connectivity index (χ2v) is 26.6. The van der Waals surface area contributed by atoms with Crippen molar-refractivity contribution in [1.82, 2.24) is 35.2 Å². The molecule has 1 aromatic carbocycles. The molecular weight excluding hydrogens is 995 g/mol. The van der Waals surface area contributed by atoms with Crippen LogP contribution in [0.3, 0.4) is 0 Å². The van der Waals surface area contributed by atoms with Gasteiger partial charge in [-0.15, -0.1) is 11.3 Å². The van der Waals surface area contributed by atoms with E-state index in [9.17, 15) is 9.59 Å². The summed E-state index contributed by atoms with van der Waals surface area (Å²) >= 11 is 1.42. The van der Waals surface area contributed by atoms with Gasteiger partial charge in [0.2, 0.25) is 0 Å². The zero-order valence-corrected chi connectivity index (χ0v) is 47.6. The average Bonchev–Trinajstić information content (AvgIpc) is 4.08. The lowest BCUT2D eigenvalue weighted by Crippen LogP contribution is -2.72. The number of nitrogens with one attached hydrogen (secondary N) is 2. The number of pyridine rings is 1. The van der Waals surface area contributed by atoms with Gasteiger partial charge in [-0.1, -0.05) is 26.8 Å². The van der Waals surface area contributed by atoms with Gasteiger partial charge in [-0.05, 0) is 153 Å². The van der Waals surface area contributed by atoms with Crippen molar-refractivity contribution >= 4 is 40.0 Å². The lowest BCUT2D eigenvalue weighted by atomic mass is 9.61. The summed E-state index contributed by atoms with van der Waals surface area (Å²) in [5.41, 5.74) is 9.44. The van der Waals surface area contributed by atoms with Crippen molar-refractivity contribution in [2.75, 3.05) is 46.6 Å². The van der Waals surface area contributed by atoms with Gasteiger partial charge in [-0.3, -0.25) is 24.4 Å². The molecule has 10 heterocycles. The molecule has 9 fully saturated rings. The van der Waals surface area contributed by atoms with Gasteiger partial charge >= 0.3 is 5.97 Å². The van der Waals surface area contributed by atoms with Crippen LogP contribution in [0.4, 0.5) is 0 Å². The van der Waals surface area contributed by atoms with Crippen molar-refractivity contribution in [2.45, 2.75) is 198 Å². The first-order valence-electron chi connectivity index (χ1n) is 28.9. The lowest BCUT2D eigenvalue weighted by Gasteiger charge is -2.53. The Morgan fingerprint density at radius 1 is 1.01 bits per heavy atom. The molecular formula is C60H81N7O9S. The molecule has 77 heavy (non-hydrogen) atoms. The van der Waals surface area contributed by atoms with Crippen LogP contribution in [0, 0.1) is 16.7 Å². The first-order chi connectivity index (χ1) is 36.8. The second-order valence-electron chi connectivity index (χ2n) is 25.7. The molecule has 2 amide bonds. The van der Waals surface area contributed by atoms with Crippen molar-refractivity contribution in [3.05, 3.63) is 57.7 Å². The Kier molecular flexibility index (Phi) is 14.1. The molecule has 3 aromatic heterocycles. The maximum absolute atomic E-state index is 15.2. The molecule has 416 valence electrons. The molecule has 0 spiro atoms. The molecule has 14 rings (SSSR count). The number of aromatic nitrogens is 3. The molecule has 6 saturated heterocycles. The fourth-order valence-corrected chi connectivity index (χ4v) is 15.1. The monoisotopic (exact) mass is 1080 g/mol. The highest BCUT2D eigenvalue weighted by atomic mass is 32.1. The Hall–Kier alpha value is -4.33. The minimum absolute atomic E-state index is 0.00164.